The Morgan fingerprint density at radius 1 is 1.23 bits per heavy atom. The molecule has 3 aliphatic rings. The minimum atomic E-state index is 0.153. The van der Waals surface area contributed by atoms with E-state index in [2.05, 4.69) is 11.0 Å². The van der Waals surface area contributed by atoms with Crippen LogP contribution in [0, 0.1) is 22.7 Å². The highest BCUT2D eigenvalue weighted by Crippen LogP contribution is 2.43. The van der Waals surface area contributed by atoms with Crippen molar-refractivity contribution in [1.82, 2.24) is 4.90 Å². The van der Waals surface area contributed by atoms with Gasteiger partial charge in [0.15, 0.2) is 0 Å². The number of rotatable bonds is 3. The molecule has 114 valence electrons. The Hall–Kier alpha value is -1.86. The van der Waals surface area contributed by atoms with Gasteiger partial charge in [0.25, 0.3) is 0 Å². The van der Waals surface area contributed by atoms with Crippen molar-refractivity contribution in [3.05, 3.63) is 29.8 Å². The van der Waals surface area contributed by atoms with Crippen LogP contribution in [0.1, 0.15) is 31.2 Å². The maximum absolute atomic E-state index is 12.5. The van der Waals surface area contributed by atoms with Crippen molar-refractivity contribution in [2.24, 2.45) is 11.3 Å². The molecule has 1 unspecified atom stereocenters. The predicted octanol–water partition coefficient (Wildman–Crippen LogP) is 2.40. The van der Waals surface area contributed by atoms with E-state index in [0.717, 1.165) is 37.7 Å². The van der Waals surface area contributed by atoms with Crippen LogP contribution in [0.4, 0.5) is 5.69 Å². The zero-order valence-corrected chi connectivity index (χ0v) is 12.8. The van der Waals surface area contributed by atoms with Crippen LogP contribution in [0.2, 0.25) is 0 Å². The molecule has 1 aliphatic carbocycles. The SMILES string of the molecule is N#Cc1ccc(N2CC3(CCN(CC4CC4)C3)CC2=O)cc1. The Morgan fingerprint density at radius 2 is 2.00 bits per heavy atom. The number of hydrogen-bond acceptors (Lipinski definition) is 3. The molecule has 22 heavy (non-hydrogen) atoms. The Labute approximate surface area is 131 Å². The molecule has 1 spiro atoms. The van der Waals surface area contributed by atoms with Crippen molar-refractivity contribution in [3.8, 4) is 6.07 Å². The van der Waals surface area contributed by atoms with Crippen molar-refractivity contribution in [2.75, 3.05) is 31.1 Å². The highest BCUT2D eigenvalue weighted by molar-refractivity contribution is 5.96. The zero-order chi connectivity index (χ0) is 15.2. The van der Waals surface area contributed by atoms with Crippen LogP contribution in [-0.2, 0) is 4.79 Å². The van der Waals surface area contributed by atoms with Crippen LogP contribution in [-0.4, -0.2) is 37.0 Å². The highest BCUT2D eigenvalue weighted by atomic mass is 16.2. The molecular weight excluding hydrogens is 274 g/mol. The average molecular weight is 295 g/mol. The third-order valence-corrected chi connectivity index (χ3v) is 5.36. The molecule has 4 rings (SSSR count). The predicted molar refractivity (Wildman–Crippen MR) is 84.3 cm³/mol. The summed E-state index contributed by atoms with van der Waals surface area (Å²) in [7, 11) is 0. The number of amides is 1. The Balaban J connectivity index is 1.47. The second-order valence-corrected chi connectivity index (χ2v) is 7.24. The van der Waals surface area contributed by atoms with Crippen LogP contribution >= 0.6 is 0 Å². The van der Waals surface area contributed by atoms with Crippen molar-refractivity contribution in [3.63, 3.8) is 0 Å². The first-order valence-electron chi connectivity index (χ1n) is 8.20. The van der Waals surface area contributed by atoms with Crippen molar-refractivity contribution < 1.29 is 4.79 Å². The van der Waals surface area contributed by atoms with Crippen LogP contribution in [0.25, 0.3) is 0 Å². The van der Waals surface area contributed by atoms with E-state index in [0.29, 0.717) is 12.0 Å². The first-order chi connectivity index (χ1) is 10.7. The van der Waals surface area contributed by atoms with Gasteiger partial charge in [-0.2, -0.15) is 5.26 Å². The number of nitrogens with zero attached hydrogens (tertiary/aromatic N) is 3. The van der Waals surface area contributed by atoms with Gasteiger partial charge in [0.05, 0.1) is 11.6 Å². The number of carbonyl (C=O) groups is 1. The molecule has 1 aromatic rings. The fraction of sp³-hybridized carbons (Fsp3) is 0.556. The summed E-state index contributed by atoms with van der Waals surface area (Å²) in [4.78, 5) is 17.0. The molecular formula is C18H21N3O. The summed E-state index contributed by atoms with van der Waals surface area (Å²) >= 11 is 0. The summed E-state index contributed by atoms with van der Waals surface area (Å²) in [6.45, 7) is 4.28. The second-order valence-electron chi connectivity index (χ2n) is 7.24. The maximum atomic E-state index is 12.5. The van der Waals surface area contributed by atoms with Gasteiger partial charge < -0.3 is 9.80 Å². The van der Waals surface area contributed by atoms with E-state index in [1.54, 1.807) is 12.1 Å². The lowest BCUT2D eigenvalue weighted by atomic mass is 9.86. The Morgan fingerprint density at radius 3 is 2.68 bits per heavy atom. The van der Waals surface area contributed by atoms with Gasteiger partial charge in [-0.25, -0.2) is 0 Å². The number of nitriles is 1. The Bertz CT molecular complexity index is 629. The molecule has 1 amide bonds. The molecule has 4 heteroatoms. The lowest BCUT2D eigenvalue weighted by Gasteiger charge is -2.24. The molecule has 2 aliphatic heterocycles. The van der Waals surface area contributed by atoms with E-state index in [4.69, 9.17) is 5.26 Å². The molecule has 2 saturated heterocycles. The largest absolute Gasteiger partial charge is 0.312 e. The number of likely N-dealkylation sites (tertiary alicyclic amines) is 1. The van der Waals surface area contributed by atoms with E-state index in [1.807, 2.05) is 17.0 Å². The van der Waals surface area contributed by atoms with Gasteiger partial charge in [0.1, 0.15) is 0 Å². The summed E-state index contributed by atoms with van der Waals surface area (Å²) in [5.41, 5.74) is 1.72. The quantitative estimate of drug-likeness (QED) is 0.860. The zero-order valence-electron chi connectivity index (χ0n) is 12.8. The molecule has 1 atom stereocenters. The molecule has 4 nitrogen and oxygen atoms in total. The maximum Gasteiger partial charge on any atom is 0.227 e. The van der Waals surface area contributed by atoms with E-state index < -0.39 is 0 Å². The summed E-state index contributed by atoms with van der Waals surface area (Å²) < 4.78 is 0. The van der Waals surface area contributed by atoms with Gasteiger partial charge >= 0.3 is 0 Å². The lowest BCUT2D eigenvalue weighted by molar-refractivity contribution is -0.117. The van der Waals surface area contributed by atoms with Crippen molar-refractivity contribution >= 4 is 11.6 Å². The fourth-order valence-electron chi connectivity index (χ4n) is 3.97. The first-order valence-corrected chi connectivity index (χ1v) is 8.20. The molecule has 0 bridgehead atoms. The van der Waals surface area contributed by atoms with Gasteiger partial charge in [-0.15, -0.1) is 0 Å². The molecule has 3 fully saturated rings. The lowest BCUT2D eigenvalue weighted by Crippen LogP contribution is -2.32. The van der Waals surface area contributed by atoms with E-state index in [-0.39, 0.29) is 11.3 Å². The Kier molecular flexibility index (Phi) is 3.19. The number of anilines is 1. The van der Waals surface area contributed by atoms with Crippen LogP contribution in [0.3, 0.4) is 0 Å². The number of benzene rings is 1. The van der Waals surface area contributed by atoms with E-state index in [1.165, 1.54) is 19.4 Å². The van der Waals surface area contributed by atoms with E-state index in [9.17, 15) is 4.79 Å². The number of carbonyl (C=O) groups excluding carboxylic acids is 1. The molecule has 1 saturated carbocycles. The standard InChI is InChI=1S/C18H21N3O/c19-10-14-3-5-16(6-4-14)21-13-18(9-17(21)22)7-8-20(12-18)11-15-1-2-15/h3-6,15H,1-2,7-9,11-13H2. The molecule has 0 aromatic heterocycles. The van der Waals surface area contributed by atoms with Gasteiger partial charge in [-0.3, -0.25) is 4.79 Å². The smallest absolute Gasteiger partial charge is 0.227 e. The van der Waals surface area contributed by atoms with Crippen LogP contribution in [0.15, 0.2) is 24.3 Å². The minimum Gasteiger partial charge on any atom is -0.312 e. The van der Waals surface area contributed by atoms with E-state index >= 15 is 0 Å². The van der Waals surface area contributed by atoms with Crippen molar-refractivity contribution in [1.29, 1.82) is 5.26 Å². The van der Waals surface area contributed by atoms with Gasteiger partial charge in [0.2, 0.25) is 5.91 Å². The van der Waals surface area contributed by atoms with Crippen LogP contribution in [0.5, 0.6) is 0 Å². The summed E-state index contributed by atoms with van der Waals surface area (Å²) in [5, 5.41) is 8.88. The van der Waals surface area contributed by atoms with Gasteiger partial charge in [0, 0.05) is 37.2 Å². The molecule has 1 aromatic carbocycles. The monoisotopic (exact) mass is 295 g/mol. The van der Waals surface area contributed by atoms with Gasteiger partial charge in [-0.1, -0.05) is 0 Å². The molecule has 2 heterocycles. The summed E-state index contributed by atoms with van der Waals surface area (Å²) in [5.74, 6) is 1.15. The highest BCUT2D eigenvalue weighted by Gasteiger charge is 2.48. The normalized spacial score (nSPS) is 28.5. The third-order valence-electron chi connectivity index (χ3n) is 5.36. The molecule has 0 N–H and O–H groups in total. The average Bonchev–Trinajstić information content (AvgIpc) is 3.17. The van der Waals surface area contributed by atoms with Crippen LogP contribution < -0.4 is 4.90 Å². The van der Waals surface area contributed by atoms with Gasteiger partial charge in [-0.05, 0) is 56.0 Å². The first kappa shape index (κ1) is 13.8. The topological polar surface area (TPSA) is 47.3 Å². The number of hydrogen-bond donors (Lipinski definition) is 0. The van der Waals surface area contributed by atoms with Crippen molar-refractivity contribution in [2.45, 2.75) is 25.7 Å². The fourth-order valence-corrected chi connectivity index (χ4v) is 3.97. The summed E-state index contributed by atoms with van der Waals surface area (Å²) in [6, 6.07) is 9.50. The molecule has 0 radical (unpaired) electrons. The second kappa shape index (κ2) is 5.10. The summed E-state index contributed by atoms with van der Waals surface area (Å²) in [6.07, 6.45) is 4.59. The third kappa shape index (κ3) is 2.50. The minimum absolute atomic E-state index is 0.153.